The Morgan fingerprint density at radius 1 is 1.79 bits per heavy atom. The molecule has 0 fully saturated rings. The maximum Gasteiger partial charge on any atom is 0.322 e. The Bertz CT molecular complexity index is 273. The van der Waals surface area contributed by atoms with Crippen molar-refractivity contribution in [3.63, 3.8) is 0 Å². The number of aromatic nitrogens is 2. The van der Waals surface area contributed by atoms with Crippen LogP contribution in [0.2, 0.25) is 0 Å². The van der Waals surface area contributed by atoms with Gasteiger partial charge in [-0.2, -0.15) is 4.98 Å². The van der Waals surface area contributed by atoms with E-state index in [1.807, 2.05) is 6.92 Å². The molecule has 1 heterocycles. The summed E-state index contributed by atoms with van der Waals surface area (Å²) in [5.41, 5.74) is 0. The number of hydrogen-bond donors (Lipinski definition) is 1. The molecule has 1 N–H and O–H groups in total. The minimum Gasteiger partial charge on any atom is -0.468 e. The molecule has 0 spiro atoms. The molecular weight excluding hydrogens is 186 g/mol. The predicted molar refractivity (Wildman–Crippen MR) is 47.2 cm³/mol. The number of carbonyl (C=O) groups excluding carboxylic acids is 1. The highest BCUT2D eigenvalue weighted by molar-refractivity contribution is 5.75. The third-order valence-electron chi connectivity index (χ3n) is 1.81. The topological polar surface area (TPSA) is 77.3 Å². The lowest BCUT2D eigenvalue weighted by molar-refractivity contribution is -0.143. The number of ether oxygens (including phenoxy) is 1. The smallest absolute Gasteiger partial charge is 0.322 e. The number of esters is 1. The standard InChI is InChI=1S/C8H13N3O3/c1-3-6(8(12)13-2)9-4-7-10-5-14-11-7/h5-6,9H,3-4H2,1-2H3. The van der Waals surface area contributed by atoms with Crippen molar-refractivity contribution in [3.8, 4) is 0 Å². The molecule has 1 atom stereocenters. The van der Waals surface area contributed by atoms with Crippen molar-refractivity contribution in [3.05, 3.63) is 12.2 Å². The molecule has 0 radical (unpaired) electrons. The van der Waals surface area contributed by atoms with Crippen molar-refractivity contribution in [1.82, 2.24) is 15.5 Å². The Balaban J connectivity index is 2.38. The molecule has 1 unspecified atom stereocenters. The van der Waals surface area contributed by atoms with Crippen LogP contribution in [0.25, 0.3) is 0 Å². The Morgan fingerprint density at radius 2 is 2.57 bits per heavy atom. The van der Waals surface area contributed by atoms with Crippen LogP contribution in [0.3, 0.4) is 0 Å². The Morgan fingerprint density at radius 3 is 3.07 bits per heavy atom. The summed E-state index contributed by atoms with van der Waals surface area (Å²) in [7, 11) is 1.36. The van der Waals surface area contributed by atoms with Gasteiger partial charge < -0.3 is 9.26 Å². The van der Waals surface area contributed by atoms with Crippen LogP contribution in [-0.4, -0.2) is 29.3 Å². The summed E-state index contributed by atoms with van der Waals surface area (Å²) in [4.78, 5) is 15.0. The third kappa shape index (κ3) is 2.81. The normalized spacial score (nSPS) is 12.4. The lowest BCUT2D eigenvalue weighted by atomic mass is 10.2. The fourth-order valence-electron chi connectivity index (χ4n) is 1.02. The van der Waals surface area contributed by atoms with E-state index in [9.17, 15) is 4.79 Å². The van der Waals surface area contributed by atoms with E-state index < -0.39 is 0 Å². The zero-order chi connectivity index (χ0) is 10.4. The first-order chi connectivity index (χ1) is 6.77. The molecular formula is C8H13N3O3. The summed E-state index contributed by atoms with van der Waals surface area (Å²) in [6.07, 6.45) is 1.90. The van der Waals surface area contributed by atoms with Gasteiger partial charge in [0.05, 0.1) is 13.7 Å². The fourth-order valence-corrected chi connectivity index (χ4v) is 1.02. The van der Waals surface area contributed by atoms with E-state index in [1.54, 1.807) is 0 Å². The van der Waals surface area contributed by atoms with Crippen molar-refractivity contribution in [2.45, 2.75) is 25.9 Å². The van der Waals surface area contributed by atoms with E-state index in [0.29, 0.717) is 18.8 Å². The van der Waals surface area contributed by atoms with Gasteiger partial charge >= 0.3 is 5.97 Å². The molecule has 0 saturated carbocycles. The first kappa shape index (κ1) is 10.6. The fraction of sp³-hybridized carbons (Fsp3) is 0.625. The van der Waals surface area contributed by atoms with Crippen LogP contribution in [0.1, 0.15) is 19.2 Å². The zero-order valence-electron chi connectivity index (χ0n) is 8.19. The molecule has 0 aromatic carbocycles. The SMILES string of the molecule is CCC(NCc1ncon1)C(=O)OC. The molecule has 78 valence electrons. The molecule has 14 heavy (non-hydrogen) atoms. The van der Waals surface area contributed by atoms with Gasteiger partial charge in [-0.05, 0) is 6.42 Å². The first-order valence-corrected chi connectivity index (χ1v) is 4.34. The molecule has 0 amide bonds. The molecule has 1 aromatic heterocycles. The summed E-state index contributed by atoms with van der Waals surface area (Å²) in [5, 5.41) is 6.57. The minimum absolute atomic E-state index is 0.281. The van der Waals surface area contributed by atoms with Crippen LogP contribution in [-0.2, 0) is 16.1 Å². The van der Waals surface area contributed by atoms with Gasteiger partial charge in [0.25, 0.3) is 0 Å². The van der Waals surface area contributed by atoms with Gasteiger partial charge in [-0.25, -0.2) is 0 Å². The molecule has 1 aromatic rings. The number of rotatable bonds is 5. The maximum atomic E-state index is 11.2. The molecule has 0 saturated heterocycles. The van der Waals surface area contributed by atoms with Gasteiger partial charge in [0, 0.05) is 0 Å². The summed E-state index contributed by atoms with van der Waals surface area (Å²) in [6, 6.07) is -0.321. The van der Waals surface area contributed by atoms with Crippen molar-refractivity contribution >= 4 is 5.97 Å². The largest absolute Gasteiger partial charge is 0.468 e. The van der Waals surface area contributed by atoms with E-state index >= 15 is 0 Å². The van der Waals surface area contributed by atoms with Crippen LogP contribution < -0.4 is 5.32 Å². The van der Waals surface area contributed by atoms with E-state index in [4.69, 9.17) is 0 Å². The minimum atomic E-state index is -0.321. The molecule has 6 heteroatoms. The molecule has 0 aliphatic rings. The average Bonchev–Trinajstić information content (AvgIpc) is 2.71. The Labute approximate surface area is 81.6 Å². The average molecular weight is 199 g/mol. The molecule has 0 aliphatic heterocycles. The first-order valence-electron chi connectivity index (χ1n) is 4.34. The highest BCUT2D eigenvalue weighted by Gasteiger charge is 2.16. The predicted octanol–water partition coefficient (Wildman–Crippen LogP) is 0.111. The third-order valence-corrected chi connectivity index (χ3v) is 1.81. The second-order valence-electron chi connectivity index (χ2n) is 2.71. The monoisotopic (exact) mass is 199 g/mol. The number of nitrogens with zero attached hydrogens (tertiary/aromatic N) is 2. The molecule has 1 rings (SSSR count). The number of nitrogens with one attached hydrogen (secondary N) is 1. The Hall–Kier alpha value is -1.43. The van der Waals surface area contributed by atoms with Gasteiger partial charge in [-0.15, -0.1) is 0 Å². The highest BCUT2D eigenvalue weighted by atomic mass is 16.5. The maximum absolute atomic E-state index is 11.2. The van der Waals surface area contributed by atoms with Crippen LogP contribution in [0.5, 0.6) is 0 Å². The molecule has 0 aliphatic carbocycles. The summed E-state index contributed by atoms with van der Waals surface area (Å²) in [6.45, 7) is 2.29. The van der Waals surface area contributed by atoms with Crippen LogP contribution in [0, 0.1) is 0 Å². The number of hydrogen-bond acceptors (Lipinski definition) is 6. The lowest BCUT2D eigenvalue weighted by Crippen LogP contribution is -2.36. The quantitative estimate of drug-likeness (QED) is 0.678. The van der Waals surface area contributed by atoms with E-state index in [0.717, 1.165) is 0 Å². The summed E-state index contributed by atoms with van der Waals surface area (Å²) < 4.78 is 9.16. The van der Waals surface area contributed by atoms with Gasteiger partial charge in [0.1, 0.15) is 6.04 Å². The van der Waals surface area contributed by atoms with E-state index in [-0.39, 0.29) is 12.0 Å². The van der Waals surface area contributed by atoms with Crippen molar-refractivity contribution in [2.24, 2.45) is 0 Å². The van der Waals surface area contributed by atoms with Crippen LogP contribution >= 0.6 is 0 Å². The summed E-state index contributed by atoms with van der Waals surface area (Å²) >= 11 is 0. The van der Waals surface area contributed by atoms with Gasteiger partial charge in [-0.3, -0.25) is 10.1 Å². The Kier molecular flexibility index (Phi) is 4.06. The second kappa shape index (κ2) is 5.33. The van der Waals surface area contributed by atoms with Crippen molar-refractivity contribution in [2.75, 3.05) is 7.11 Å². The van der Waals surface area contributed by atoms with Gasteiger partial charge in [0.2, 0.25) is 6.39 Å². The molecule has 6 nitrogen and oxygen atoms in total. The van der Waals surface area contributed by atoms with Crippen molar-refractivity contribution < 1.29 is 14.1 Å². The van der Waals surface area contributed by atoms with Gasteiger partial charge in [0.15, 0.2) is 5.82 Å². The van der Waals surface area contributed by atoms with E-state index in [2.05, 4.69) is 24.7 Å². The van der Waals surface area contributed by atoms with E-state index in [1.165, 1.54) is 13.5 Å². The van der Waals surface area contributed by atoms with Crippen LogP contribution in [0.4, 0.5) is 0 Å². The second-order valence-corrected chi connectivity index (χ2v) is 2.71. The highest BCUT2D eigenvalue weighted by Crippen LogP contribution is 1.96. The summed E-state index contributed by atoms with van der Waals surface area (Å²) in [5.74, 6) is 0.239. The molecule has 0 bridgehead atoms. The number of methoxy groups -OCH3 is 1. The zero-order valence-corrected chi connectivity index (χ0v) is 8.19. The lowest BCUT2D eigenvalue weighted by Gasteiger charge is -2.12. The van der Waals surface area contributed by atoms with Crippen molar-refractivity contribution in [1.29, 1.82) is 0 Å². The van der Waals surface area contributed by atoms with Crippen LogP contribution in [0.15, 0.2) is 10.9 Å². The number of carbonyl (C=O) groups is 1. The van der Waals surface area contributed by atoms with Gasteiger partial charge in [-0.1, -0.05) is 12.1 Å².